The number of hydrogen-bond acceptors (Lipinski definition) is 4. The van der Waals surface area contributed by atoms with Crippen LogP contribution in [-0.4, -0.2) is 33.6 Å². The lowest BCUT2D eigenvalue weighted by Crippen LogP contribution is -2.12. The minimum atomic E-state index is 0.796. The summed E-state index contributed by atoms with van der Waals surface area (Å²) >= 11 is 0. The molecule has 0 fully saturated rings. The number of pyridine rings is 4. The van der Waals surface area contributed by atoms with Gasteiger partial charge in [0.1, 0.15) is 0 Å². The van der Waals surface area contributed by atoms with Crippen molar-refractivity contribution >= 4 is 65.4 Å². The Morgan fingerprint density at radius 1 is 0.211 bits per heavy atom. The number of aromatic nitrogens is 7. The van der Waals surface area contributed by atoms with Crippen molar-refractivity contribution in [3.05, 3.63) is 333 Å². The van der Waals surface area contributed by atoms with Crippen molar-refractivity contribution < 1.29 is 0 Å². The van der Waals surface area contributed by atoms with Crippen molar-refractivity contribution in [3.63, 3.8) is 0 Å². The molecule has 7 aromatic heterocycles. The molecule has 18 aromatic rings. The lowest BCUT2D eigenvalue weighted by molar-refractivity contribution is 1.07. The van der Waals surface area contributed by atoms with E-state index in [0.29, 0.717) is 0 Å². The zero-order valence-electron chi connectivity index (χ0n) is 52.2. The Balaban J connectivity index is 1.03. The van der Waals surface area contributed by atoms with E-state index < -0.39 is 0 Å². The Bertz CT molecular complexity index is 5980. The van der Waals surface area contributed by atoms with Crippen LogP contribution < -0.4 is 0 Å². The second-order valence-corrected chi connectivity index (χ2v) is 24.7. The standard InChI is InChI=1S/C88H59N7/c1-56-43-47-82-66(51-56)67-52-57(2)44-48-83(67)94(82)87-70(77-39-21-35-73(91-77)60-27-11-5-12-28-60)55-85(93-79-41-17-15-31-64(79)68-53-62(45-49-81(68)93)75-37-19-33-71(89-75)58-23-7-3-8-24-58)88(86(87)78-40-22-36-74(92-78)61-29-13-6-14-30-61)95-80-42-18-16-32-65(80)69-54-63(46-50-84(69)95)76-38-20-34-72(90-76)59-25-9-4-10-26-59/h3-55H,1-2H3. The molecule has 7 nitrogen and oxygen atoms in total. The number of aryl methyl sites for hydroxylation is 2. The van der Waals surface area contributed by atoms with Crippen LogP contribution in [0.1, 0.15) is 11.1 Å². The minimum Gasteiger partial charge on any atom is -0.308 e. The highest BCUT2D eigenvalue weighted by Gasteiger charge is 2.32. The molecule has 0 atom stereocenters. The number of benzene rings is 11. The highest BCUT2D eigenvalue weighted by Crippen LogP contribution is 2.51. The van der Waals surface area contributed by atoms with E-state index in [9.17, 15) is 0 Å². The van der Waals surface area contributed by atoms with Gasteiger partial charge in [0.15, 0.2) is 0 Å². The second kappa shape index (κ2) is 22.7. The monoisotopic (exact) mass is 1210 g/mol. The van der Waals surface area contributed by atoms with Crippen LogP contribution in [0.4, 0.5) is 0 Å². The zero-order chi connectivity index (χ0) is 63.1. The van der Waals surface area contributed by atoms with E-state index in [4.69, 9.17) is 19.9 Å². The van der Waals surface area contributed by atoms with Crippen LogP contribution in [0.5, 0.6) is 0 Å². The van der Waals surface area contributed by atoms with Gasteiger partial charge in [0.05, 0.1) is 101 Å². The Hall–Kier alpha value is -12.6. The third-order valence-electron chi connectivity index (χ3n) is 18.8. The molecular weight excluding hydrogens is 1160 g/mol. The van der Waals surface area contributed by atoms with Crippen LogP contribution in [0.15, 0.2) is 322 Å². The SMILES string of the molecule is Cc1ccc2c(c1)c1cc(C)ccc1n2-c1c(-c2cccc(-c3ccccc3)n2)cc(-n2c3ccccc3c3cc(-c4cccc(-c5ccccc5)n4)ccc32)c(-n2c3ccccc3c3cc(-c4cccc(-c5ccccc5)n4)ccc32)c1-c1cccc(-c2ccccc2)n1. The molecule has 95 heavy (non-hydrogen) atoms. The van der Waals surface area contributed by atoms with Crippen molar-refractivity contribution in [2.75, 3.05) is 0 Å². The molecule has 11 aromatic carbocycles. The van der Waals surface area contributed by atoms with Gasteiger partial charge in [-0.05, 0) is 129 Å². The first-order chi connectivity index (χ1) is 46.9. The molecule has 0 amide bonds. The van der Waals surface area contributed by atoms with Crippen molar-refractivity contribution in [1.82, 2.24) is 33.6 Å². The summed E-state index contributed by atoms with van der Waals surface area (Å²) in [6, 6.07) is 115. The van der Waals surface area contributed by atoms with E-state index in [1.807, 2.05) is 12.1 Å². The van der Waals surface area contributed by atoms with Crippen LogP contribution >= 0.6 is 0 Å². The number of fused-ring (bicyclic) bond motifs is 9. The zero-order valence-corrected chi connectivity index (χ0v) is 52.2. The van der Waals surface area contributed by atoms with E-state index in [2.05, 4.69) is 337 Å². The van der Waals surface area contributed by atoms with Crippen LogP contribution in [0.2, 0.25) is 0 Å². The Morgan fingerprint density at radius 3 is 0.979 bits per heavy atom. The topological polar surface area (TPSA) is 66.3 Å². The number of hydrogen-bond donors (Lipinski definition) is 0. The third kappa shape index (κ3) is 9.43. The number of para-hydroxylation sites is 2. The first kappa shape index (κ1) is 55.3. The molecule has 0 spiro atoms. The van der Waals surface area contributed by atoms with Gasteiger partial charge in [0.2, 0.25) is 0 Å². The summed E-state index contributed by atoms with van der Waals surface area (Å²) in [5.74, 6) is 0. The van der Waals surface area contributed by atoms with E-state index >= 15 is 0 Å². The summed E-state index contributed by atoms with van der Waals surface area (Å²) in [5.41, 5.74) is 26.6. The van der Waals surface area contributed by atoms with E-state index in [1.54, 1.807) is 0 Å². The number of rotatable bonds is 11. The van der Waals surface area contributed by atoms with Crippen LogP contribution in [0, 0.1) is 13.8 Å². The Morgan fingerprint density at radius 2 is 0.526 bits per heavy atom. The molecule has 0 radical (unpaired) electrons. The van der Waals surface area contributed by atoms with Crippen LogP contribution in [-0.2, 0) is 0 Å². The highest BCUT2D eigenvalue weighted by molar-refractivity contribution is 6.16. The van der Waals surface area contributed by atoms with Crippen LogP contribution in [0.25, 0.3) is 173 Å². The fraction of sp³-hybridized carbons (Fsp3) is 0.0227. The number of nitrogens with zero attached hydrogens (tertiary/aromatic N) is 7. The molecular formula is C88H59N7. The molecule has 7 heteroatoms. The second-order valence-electron chi connectivity index (χ2n) is 24.7. The maximum Gasteiger partial charge on any atom is 0.0819 e. The van der Waals surface area contributed by atoms with Crippen LogP contribution in [0.3, 0.4) is 0 Å². The lowest BCUT2D eigenvalue weighted by Gasteiger charge is -2.27. The predicted molar refractivity (Wildman–Crippen MR) is 394 cm³/mol. The van der Waals surface area contributed by atoms with Gasteiger partial charge in [-0.2, -0.15) is 0 Å². The average molecular weight is 1210 g/mol. The Labute approximate surface area is 549 Å². The van der Waals surface area contributed by atoms with Gasteiger partial charge in [-0.3, -0.25) is 0 Å². The fourth-order valence-electron chi connectivity index (χ4n) is 14.4. The fourth-order valence-corrected chi connectivity index (χ4v) is 14.4. The molecule has 446 valence electrons. The molecule has 0 aliphatic rings. The maximum absolute atomic E-state index is 5.94. The van der Waals surface area contributed by atoms with Crippen molar-refractivity contribution in [2.45, 2.75) is 13.8 Å². The van der Waals surface area contributed by atoms with Gasteiger partial charge in [-0.25, -0.2) is 19.9 Å². The molecule has 7 heterocycles. The predicted octanol–water partition coefficient (Wildman–Crippen LogP) is 22.5. The van der Waals surface area contributed by atoms with E-state index in [0.717, 1.165) is 162 Å². The van der Waals surface area contributed by atoms with Gasteiger partial charge in [-0.1, -0.05) is 217 Å². The third-order valence-corrected chi connectivity index (χ3v) is 18.8. The summed E-state index contributed by atoms with van der Waals surface area (Å²) in [4.78, 5) is 22.4. The largest absolute Gasteiger partial charge is 0.308 e. The highest BCUT2D eigenvalue weighted by atomic mass is 15.1. The van der Waals surface area contributed by atoms with Gasteiger partial charge in [-0.15, -0.1) is 0 Å². The maximum atomic E-state index is 5.94. The van der Waals surface area contributed by atoms with E-state index in [1.165, 1.54) is 21.9 Å². The summed E-state index contributed by atoms with van der Waals surface area (Å²) in [6.45, 7) is 4.38. The molecule has 0 bridgehead atoms. The Kier molecular flexibility index (Phi) is 13.2. The minimum absolute atomic E-state index is 0.796. The average Bonchev–Trinajstić information content (AvgIpc) is 1.61. The quantitative estimate of drug-likeness (QED) is 0.129. The smallest absolute Gasteiger partial charge is 0.0819 e. The van der Waals surface area contributed by atoms with Gasteiger partial charge >= 0.3 is 0 Å². The van der Waals surface area contributed by atoms with Crippen molar-refractivity contribution in [3.8, 4) is 107 Å². The summed E-state index contributed by atoms with van der Waals surface area (Å²) in [6.07, 6.45) is 0. The summed E-state index contributed by atoms with van der Waals surface area (Å²) in [5, 5.41) is 6.74. The molecule has 0 saturated heterocycles. The molecule has 18 rings (SSSR count). The van der Waals surface area contributed by atoms with E-state index in [-0.39, 0.29) is 0 Å². The normalized spacial score (nSPS) is 11.7. The first-order valence-corrected chi connectivity index (χ1v) is 32.4. The first-order valence-electron chi connectivity index (χ1n) is 32.4. The molecule has 0 unspecified atom stereocenters. The summed E-state index contributed by atoms with van der Waals surface area (Å²) in [7, 11) is 0. The van der Waals surface area contributed by atoms with Crippen molar-refractivity contribution in [1.29, 1.82) is 0 Å². The van der Waals surface area contributed by atoms with Gasteiger partial charge < -0.3 is 13.7 Å². The van der Waals surface area contributed by atoms with Crippen molar-refractivity contribution in [2.24, 2.45) is 0 Å². The lowest BCUT2D eigenvalue weighted by atomic mass is 9.95. The molecule has 0 aliphatic carbocycles. The van der Waals surface area contributed by atoms with Gasteiger partial charge in [0.25, 0.3) is 0 Å². The molecule has 0 N–H and O–H groups in total. The van der Waals surface area contributed by atoms with Gasteiger partial charge in [0, 0.05) is 71.3 Å². The molecule has 0 aliphatic heterocycles. The molecule has 0 saturated carbocycles. The summed E-state index contributed by atoms with van der Waals surface area (Å²) < 4.78 is 7.55.